The number of carbonyl (C=O) groups is 1. The first-order chi connectivity index (χ1) is 11.7. The number of amides is 1. The van der Waals surface area contributed by atoms with E-state index in [2.05, 4.69) is 15.5 Å². The Labute approximate surface area is 143 Å². The topological polar surface area (TPSA) is 75.8 Å². The van der Waals surface area contributed by atoms with E-state index in [0.29, 0.717) is 0 Å². The summed E-state index contributed by atoms with van der Waals surface area (Å²) in [7, 11) is 0. The normalized spacial score (nSPS) is 11.0. The minimum atomic E-state index is -0.184. The van der Waals surface area contributed by atoms with Gasteiger partial charge in [-0.25, -0.2) is 5.43 Å². The van der Waals surface area contributed by atoms with Crippen LogP contribution in [0.25, 0.3) is 10.9 Å². The van der Waals surface area contributed by atoms with E-state index in [-0.39, 0.29) is 17.4 Å². The molecule has 120 valence electrons. The second kappa shape index (κ2) is 7.61. The van der Waals surface area contributed by atoms with Crippen LogP contribution in [0.2, 0.25) is 0 Å². The van der Waals surface area contributed by atoms with E-state index in [1.807, 2.05) is 36.4 Å². The standard InChI is InChI=1S/C18H15N3O2S/c22-15-8-5-13(6-9-15)11-19-21-17(23)12-24-18-10-7-14-3-1-2-4-16(14)20-18/h1-11,22H,12H2,(H,21,23)/p+1/b19-11+. The summed E-state index contributed by atoms with van der Waals surface area (Å²) >= 11 is 1.42. The fourth-order valence-corrected chi connectivity index (χ4v) is 2.79. The molecule has 0 aliphatic rings. The van der Waals surface area contributed by atoms with Crippen molar-refractivity contribution >= 4 is 34.8 Å². The third-order valence-electron chi connectivity index (χ3n) is 3.29. The molecule has 0 atom stereocenters. The number of rotatable bonds is 5. The van der Waals surface area contributed by atoms with Crippen LogP contribution in [0.4, 0.5) is 0 Å². The van der Waals surface area contributed by atoms with E-state index < -0.39 is 0 Å². The van der Waals surface area contributed by atoms with Crippen LogP contribution in [-0.2, 0) is 4.79 Å². The Morgan fingerprint density at radius 2 is 1.92 bits per heavy atom. The summed E-state index contributed by atoms with van der Waals surface area (Å²) in [6.45, 7) is 0. The van der Waals surface area contributed by atoms with Crippen LogP contribution in [0.1, 0.15) is 5.56 Å². The summed E-state index contributed by atoms with van der Waals surface area (Å²) in [5.74, 6) is 0.276. The van der Waals surface area contributed by atoms with Crippen LogP contribution < -0.4 is 10.4 Å². The van der Waals surface area contributed by atoms with Gasteiger partial charge in [0.2, 0.25) is 10.5 Å². The van der Waals surface area contributed by atoms with Crippen molar-refractivity contribution in [2.75, 3.05) is 5.75 Å². The molecule has 0 aliphatic carbocycles. The molecule has 0 unspecified atom stereocenters. The Kier molecular flexibility index (Phi) is 5.08. The van der Waals surface area contributed by atoms with E-state index in [4.69, 9.17) is 0 Å². The quantitative estimate of drug-likeness (QED) is 0.426. The van der Waals surface area contributed by atoms with Gasteiger partial charge in [0, 0.05) is 17.5 Å². The molecule has 3 rings (SSSR count). The first-order valence-corrected chi connectivity index (χ1v) is 8.34. The van der Waals surface area contributed by atoms with Gasteiger partial charge in [0.1, 0.15) is 5.75 Å². The number of aromatic amines is 1. The number of phenolic OH excluding ortho intramolecular Hbond substituents is 1. The van der Waals surface area contributed by atoms with Gasteiger partial charge in [-0.05, 0) is 53.7 Å². The first kappa shape index (κ1) is 16.0. The van der Waals surface area contributed by atoms with Crippen LogP contribution in [0, 0.1) is 0 Å². The van der Waals surface area contributed by atoms with Gasteiger partial charge in [-0.3, -0.25) is 4.79 Å². The van der Waals surface area contributed by atoms with E-state index in [0.717, 1.165) is 21.5 Å². The molecule has 0 saturated heterocycles. The molecule has 3 aromatic rings. The number of carbonyl (C=O) groups excluding carboxylic acids is 1. The fourth-order valence-electron chi connectivity index (χ4n) is 2.10. The van der Waals surface area contributed by atoms with Crippen molar-refractivity contribution in [2.24, 2.45) is 5.10 Å². The molecular weight excluding hydrogens is 322 g/mol. The number of pyridine rings is 1. The van der Waals surface area contributed by atoms with Crippen molar-refractivity contribution in [2.45, 2.75) is 5.03 Å². The predicted octanol–water partition coefficient (Wildman–Crippen LogP) is 2.60. The molecule has 0 saturated carbocycles. The van der Waals surface area contributed by atoms with Crippen LogP contribution in [0.15, 0.2) is 70.8 Å². The number of fused-ring (bicyclic) bond motifs is 1. The molecule has 5 nitrogen and oxygen atoms in total. The van der Waals surface area contributed by atoms with Gasteiger partial charge in [-0.1, -0.05) is 12.1 Å². The number of H-pyrrole nitrogens is 1. The Hall–Kier alpha value is -2.86. The third-order valence-corrected chi connectivity index (χ3v) is 4.24. The van der Waals surface area contributed by atoms with Crippen molar-refractivity contribution < 1.29 is 14.9 Å². The van der Waals surface area contributed by atoms with Crippen molar-refractivity contribution in [3.8, 4) is 5.75 Å². The van der Waals surface area contributed by atoms with Crippen LogP contribution >= 0.6 is 11.8 Å². The van der Waals surface area contributed by atoms with E-state index >= 15 is 0 Å². The number of hydrogen-bond acceptors (Lipinski definition) is 4. The molecule has 24 heavy (non-hydrogen) atoms. The Balaban J connectivity index is 1.52. The SMILES string of the molecule is O=C(CSc1ccc2ccccc2[nH+]1)N/N=C/c1ccc(O)cc1. The number of nitrogens with one attached hydrogen (secondary N) is 2. The Bertz CT molecular complexity index is 879. The molecule has 0 radical (unpaired) electrons. The lowest BCUT2D eigenvalue weighted by atomic mass is 10.2. The monoisotopic (exact) mass is 338 g/mol. The van der Waals surface area contributed by atoms with Gasteiger partial charge in [0.15, 0.2) is 0 Å². The molecule has 3 N–H and O–H groups in total. The minimum Gasteiger partial charge on any atom is -0.508 e. The molecule has 0 bridgehead atoms. The van der Waals surface area contributed by atoms with Crippen molar-refractivity contribution in [1.29, 1.82) is 0 Å². The average molecular weight is 338 g/mol. The lowest BCUT2D eigenvalue weighted by Gasteiger charge is -1.98. The number of para-hydroxylation sites is 1. The maximum absolute atomic E-state index is 11.8. The highest BCUT2D eigenvalue weighted by Gasteiger charge is 2.08. The van der Waals surface area contributed by atoms with Crippen molar-refractivity contribution in [3.63, 3.8) is 0 Å². The second-order valence-corrected chi connectivity index (χ2v) is 6.10. The number of thioether (sulfide) groups is 1. The lowest BCUT2D eigenvalue weighted by Crippen LogP contribution is -2.20. The molecule has 0 spiro atoms. The molecule has 1 aromatic heterocycles. The molecule has 0 aliphatic heterocycles. The van der Waals surface area contributed by atoms with Gasteiger partial charge in [-0.15, -0.1) is 0 Å². The number of hydrogen-bond donors (Lipinski definition) is 2. The summed E-state index contributed by atoms with van der Waals surface area (Å²) in [5.41, 5.74) is 4.32. The number of phenols is 1. The number of aromatic nitrogens is 1. The van der Waals surface area contributed by atoms with E-state index in [1.54, 1.807) is 24.3 Å². The predicted molar refractivity (Wildman–Crippen MR) is 95.1 cm³/mol. The highest BCUT2D eigenvalue weighted by atomic mass is 32.2. The first-order valence-electron chi connectivity index (χ1n) is 7.35. The van der Waals surface area contributed by atoms with Crippen LogP contribution in [0.3, 0.4) is 0 Å². The number of nitrogens with zero attached hydrogens (tertiary/aromatic N) is 1. The smallest absolute Gasteiger partial charge is 0.250 e. The molecule has 1 amide bonds. The van der Waals surface area contributed by atoms with Crippen molar-refractivity contribution in [3.05, 3.63) is 66.2 Å². The average Bonchev–Trinajstić information content (AvgIpc) is 2.61. The zero-order valence-electron chi connectivity index (χ0n) is 12.8. The van der Waals surface area contributed by atoms with Gasteiger partial charge < -0.3 is 5.11 Å². The zero-order valence-corrected chi connectivity index (χ0v) is 13.6. The number of hydrazone groups is 1. The maximum atomic E-state index is 11.8. The lowest BCUT2D eigenvalue weighted by molar-refractivity contribution is -0.395. The summed E-state index contributed by atoms with van der Waals surface area (Å²) in [6.07, 6.45) is 1.53. The molecule has 2 aromatic carbocycles. The van der Waals surface area contributed by atoms with E-state index in [1.165, 1.54) is 18.0 Å². The highest BCUT2D eigenvalue weighted by Crippen LogP contribution is 2.15. The summed E-state index contributed by atoms with van der Waals surface area (Å²) < 4.78 is 0. The minimum absolute atomic E-state index is 0.184. The van der Waals surface area contributed by atoms with Gasteiger partial charge >= 0.3 is 0 Å². The third kappa shape index (κ3) is 4.33. The summed E-state index contributed by atoms with van der Waals surface area (Å²) in [4.78, 5) is 15.1. The molecule has 1 heterocycles. The summed E-state index contributed by atoms with van der Waals surface area (Å²) in [5, 5.41) is 15.2. The zero-order chi connectivity index (χ0) is 16.8. The van der Waals surface area contributed by atoms with Gasteiger partial charge in [0.25, 0.3) is 5.91 Å². The summed E-state index contributed by atoms with van der Waals surface area (Å²) in [6, 6.07) is 18.5. The number of benzene rings is 2. The van der Waals surface area contributed by atoms with Crippen molar-refractivity contribution in [1.82, 2.24) is 5.43 Å². The van der Waals surface area contributed by atoms with E-state index in [9.17, 15) is 9.90 Å². The van der Waals surface area contributed by atoms with Gasteiger partial charge in [0.05, 0.1) is 12.0 Å². The molecular formula is C18H16N3O2S+. The maximum Gasteiger partial charge on any atom is 0.250 e. The Morgan fingerprint density at radius 1 is 1.12 bits per heavy atom. The molecule has 6 heteroatoms. The second-order valence-electron chi connectivity index (χ2n) is 5.08. The highest BCUT2D eigenvalue weighted by molar-refractivity contribution is 7.99. The largest absolute Gasteiger partial charge is 0.508 e. The number of aromatic hydroxyl groups is 1. The fraction of sp³-hybridized carbons (Fsp3) is 0.0556. The Morgan fingerprint density at radius 3 is 2.75 bits per heavy atom. The van der Waals surface area contributed by atoms with Crippen LogP contribution in [-0.4, -0.2) is 23.0 Å². The van der Waals surface area contributed by atoms with Gasteiger partial charge in [-0.2, -0.15) is 10.1 Å². The van der Waals surface area contributed by atoms with Crippen LogP contribution in [0.5, 0.6) is 5.75 Å². The molecule has 0 fully saturated rings.